The first kappa shape index (κ1) is 13.7. The molecule has 100 valence electrons. The molecule has 1 heterocycles. The normalized spacial score (nSPS) is 18.9. The minimum absolute atomic E-state index is 0.0122. The van der Waals surface area contributed by atoms with Crippen LogP contribution in [0.25, 0.3) is 0 Å². The third kappa shape index (κ3) is 2.38. The number of hydrogen-bond donors (Lipinski definition) is 0. The molecule has 1 aliphatic rings. The summed E-state index contributed by atoms with van der Waals surface area (Å²) < 4.78 is 6.06. The van der Waals surface area contributed by atoms with Crippen molar-refractivity contribution < 1.29 is 9.53 Å². The first-order valence-electron chi connectivity index (χ1n) is 6.51. The number of terminal acetylenes is 1. The van der Waals surface area contributed by atoms with Gasteiger partial charge in [-0.25, -0.2) is 0 Å². The molecule has 0 radical (unpaired) electrons. The van der Waals surface area contributed by atoms with Gasteiger partial charge in [-0.15, -0.1) is 6.42 Å². The topological polar surface area (TPSA) is 26.3 Å². The fourth-order valence-corrected chi connectivity index (χ4v) is 3.06. The van der Waals surface area contributed by atoms with Crippen LogP contribution >= 0.6 is 0 Å². The molecule has 1 aliphatic heterocycles. The molecule has 0 bridgehead atoms. The molecule has 0 aliphatic carbocycles. The van der Waals surface area contributed by atoms with Crippen molar-refractivity contribution in [1.29, 1.82) is 0 Å². The van der Waals surface area contributed by atoms with Gasteiger partial charge in [0.25, 0.3) is 0 Å². The highest BCUT2D eigenvalue weighted by Crippen LogP contribution is 2.46. The zero-order valence-electron chi connectivity index (χ0n) is 12.3. The predicted molar refractivity (Wildman–Crippen MR) is 76.7 cm³/mol. The third-order valence-corrected chi connectivity index (χ3v) is 3.61. The van der Waals surface area contributed by atoms with Crippen LogP contribution in [0.1, 0.15) is 62.5 Å². The Hall–Kier alpha value is -1.75. The molecule has 0 amide bonds. The molecule has 2 nitrogen and oxygen atoms in total. The maximum absolute atomic E-state index is 11.9. The average Bonchev–Trinajstić information content (AvgIpc) is 2.25. The second-order valence-electron chi connectivity index (χ2n) is 6.52. The van der Waals surface area contributed by atoms with Gasteiger partial charge in [0.2, 0.25) is 0 Å². The van der Waals surface area contributed by atoms with E-state index >= 15 is 0 Å². The molecule has 19 heavy (non-hydrogen) atoms. The molecule has 0 atom stereocenters. The number of benzene rings is 1. The lowest BCUT2D eigenvalue weighted by atomic mass is 9.72. The lowest BCUT2D eigenvalue weighted by Crippen LogP contribution is -2.42. The molecule has 2 heteroatoms. The summed E-state index contributed by atoms with van der Waals surface area (Å²) in [4.78, 5) is 11.9. The third-order valence-electron chi connectivity index (χ3n) is 3.61. The van der Waals surface area contributed by atoms with Gasteiger partial charge in [0, 0.05) is 11.1 Å². The summed E-state index contributed by atoms with van der Waals surface area (Å²) in [5, 5.41) is 0. The van der Waals surface area contributed by atoms with E-state index in [1.54, 1.807) is 13.0 Å². The first-order valence-corrected chi connectivity index (χ1v) is 6.51. The Morgan fingerprint density at radius 1 is 1.32 bits per heavy atom. The summed E-state index contributed by atoms with van der Waals surface area (Å²) in [5.41, 5.74) is 2.02. The van der Waals surface area contributed by atoms with E-state index in [0.717, 1.165) is 17.5 Å². The minimum atomic E-state index is -0.279. The molecular formula is C17H20O2. The summed E-state index contributed by atoms with van der Waals surface area (Å²) >= 11 is 0. The molecule has 0 saturated carbocycles. The molecule has 2 rings (SSSR count). The van der Waals surface area contributed by atoms with Crippen LogP contribution in [0, 0.1) is 12.3 Å². The van der Waals surface area contributed by atoms with Gasteiger partial charge in [0.1, 0.15) is 11.4 Å². The molecule has 0 spiro atoms. The standard InChI is InChI=1S/C17H20O2/c1-7-12-8-13(11(2)18)15-14(9-12)16(3,4)10-17(5,6)19-15/h1,8-9H,10H2,2-6H3. The molecule has 0 fully saturated rings. The number of ether oxygens (including phenoxy) is 1. The Labute approximate surface area is 115 Å². The van der Waals surface area contributed by atoms with Crippen molar-refractivity contribution in [3.63, 3.8) is 0 Å². The molecule has 0 aromatic heterocycles. The van der Waals surface area contributed by atoms with Crippen LogP contribution in [-0.2, 0) is 5.41 Å². The Bertz CT molecular complexity index is 586. The van der Waals surface area contributed by atoms with E-state index in [2.05, 4.69) is 33.6 Å². The summed E-state index contributed by atoms with van der Waals surface area (Å²) in [5.74, 6) is 3.31. The number of carbonyl (C=O) groups excluding carboxylic acids is 1. The van der Waals surface area contributed by atoms with Crippen molar-refractivity contribution in [2.45, 2.75) is 52.1 Å². The van der Waals surface area contributed by atoms with Crippen LogP contribution in [0.15, 0.2) is 12.1 Å². The van der Waals surface area contributed by atoms with E-state index < -0.39 is 0 Å². The number of Topliss-reactive ketones (excluding diaryl/α,β-unsaturated/α-hetero) is 1. The summed E-state index contributed by atoms with van der Waals surface area (Å²) in [7, 11) is 0. The van der Waals surface area contributed by atoms with Gasteiger partial charge in [-0.05, 0) is 44.7 Å². The van der Waals surface area contributed by atoms with Crippen molar-refractivity contribution in [2.75, 3.05) is 0 Å². The van der Waals surface area contributed by atoms with Crippen LogP contribution in [0.5, 0.6) is 5.75 Å². The van der Waals surface area contributed by atoms with Crippen LogP contribution in [0.2, 0.25) is 0 Å². The Morgan fingerprint density at radius 3 is 2.47 bits per heavy atom. The van der Waals surface area contributed by atoms with Crippen molar-refractivity contribution >= 4 is 5.78 Å². The summed E-state index contributed by atoms with van der Waals surface area (Å²) in [6, 6.07) is 3.72. The number of fused-ring (bicyclic) bond motifs is 1. The molecular weight excluding hydrogens is 236 g/mol. The SMILES string of the molecule is C#Cc1cc(C(C)=O)c2c(c1)C(C)(C)CC(C)(C)O2. The van der Waals surface area contributed by atoms with E-state index in [9.17, 15) is 4.79 Å². The zero-order valence-corrected chi connectivity index (χ0v) is 12.3. The minimum Gasteiger partial charge on any atom is -0.487 e. The van der Waals surface area contributed by atoms with E-state index in [0.29, 0.717) is 11.3 Å². The summed E-state index contributed by atoms with van der Waals surface area (Å²) in [6.45, 7) is 9.99. The maximum atomic E-state index is 11.9. The monoisotopic (exact) mass is 256 g/mol. The number of rotatable bonds is 1. The second kappa shape index (κ2) is 4.13. The molecule has 1 aromatic rings. The van der Waals surface area contributed by atoms with Gasteiger partial charge in [0.15, 0.2) is 5.78 Å². The van der Waals surface area contributed by atoms with Gasteiger partial charge in [-0.3, -0.25) is 4.79 Å². The second-order valence-corrected chi connectivity index (χ2v) is 6.52. The van der Waals surface area contributed by atoms with Crippen molar-refractivity contribution in [1.82, 2.24) is 0 Å². The fourth-order valence-electron chi connectivity index (χ4n) is 3.06. The highest BCUT2D eigenvalue weighted by Gasteiger charge is 2.40. The van der Waals surface area contributed by atoms with E-state index in [1.165, 1.54) is 0 Å². The van der Waals surface area contributed by atoms with E-state index in [-0.39, 0.29) is 16.8 Å². The largest absolute Gasteiger partial charge is 0.487 e. The highest BCUT2D eigenvalue weighted by molar-refractivity contribution is 5.98. The smallest absolute Gasteiger partial charge is 0.163 e. The Morgan fingerprint density at radius 2 is 1.95 bits per heavy atom. The van der Waals surface area contributed by atoms with Gasteiger partial charge >= 0.3 is 0 Å². The van der Waals surface area contributed by atoms with Crippen LogP contribution in [0.4, 0.5) is 0 Å². The number of hydrogen-bond acceptors (Lipinski definition) is 2. The lowest BCUT2D eigenvalue weighted by Gasteiger charge is -2.43. The summed E-state index contributed by atoms with van der Waals surface area (Å²) in [6.07, 6.45) is 6.38. The van der Waals surface area contributed by atoms with Crippen molar-refractivity contribution in [3.05, 3.63) is 28.8 Å². The van der Waals surface area contributed by atoms with Crippen LogP contribution < -0.4 is 4.74 Å². The lowest BCUT2D eigenvalue weighted by molar-refractivity contribution is 0.0519. The van der Waals surface area contributed by atoms with Gasteiger partial charge in [0.05, 0.1) is 5.56 Å². The molecule has 0 unspecified atom stereocenters. The molecule has 0 saturated heterocycles. The fraction of sp³-hybridized carbons (Fsp3) is 0.471. The number of carbonyl (C=O) groups is 1. The highest BCUT2D eigenvalue weighted by atomic mass is 16.5. The first-order chi connectivity index (χ1) is 8.66. The van der Waals surface area contributed by atoms with Crippen LogP contribution in [0.3, 0.4) is 0 Å². The predicted octanol–water partition coefficient (Wildman–Crippen LogP) is 3.71. The van der Waals surface area contributed by atoms with Gasteiger partial charge in [-0.1, -0.05) is 19.8 Å². The zero-order chi connectivity index (χ0) is 14.4. The Balaban J connectivity index is 2.76. The molecule has 1 aromatic carbocycles. The maximum Gasteiger partial charge on any atom is 0.163 e. The van der Waals surface area contributed by atoms with Crippen molar-refractivity contribution in [3.8, 4) is 18.1 Å². The van der Waals surface area contributed by atoms with Gasteiger partial charge in [-0.2, -0.15) is 0 Å². The molecule has 0 N–H and O–H groups in total. The quantitative estimate of drug-likeness (QED) is 0.565. The average molecular weight is 256 g/mol. The van der Waals surface area contributed by atoms with E-state index in [4.69, 9.17) is 11.2 Å². The van der Waals surface area contributed by atoms with Gasteiger partial charge < -0.3 is 4.74 Å². The number of ketones is 1. The van der Waals surface area contributed by atoms with E-state index in [1.807, 2.05) is 6.07 Å². The van der Waals surface area contributed by atoms with Crippen molar-refractivity contribution in [2.24, 2.45) is 0 Å². The van der Waals surface area contributed by atoms with Crippen LogP contribution in [-0.4, -0.2) is 11.4 Å². The Kier molecular flexibility index (Phi) is 2.97.